The number of esters is 2. The number of ether oxygens (including phenoxy) is 2. The number of unbranched alkanes of at least 4 members (excludes halogenated alkanes) is 19. The molecule has 6 heteroatoms. The van der Waals surface area contributed by atoms with Gasteiger partial charge in [-0.25, -0.2) is 0 Å². The molecule has 0 aliphatic heterocycles. The molecule has 0 rings (SSSR count). The minimum Gasteiger partial charge on any atom is -0.466 e. The first kappa shape index (κ1) is 44.9. The fourth-order valence-electron chi connectivity index (χ4n) is 6.18. The summed E-state index contributed by atoms with van der Waals surface area (Å²) in [6.07, 6.45) is 31.0. The van der Waals surface area contributed by atoms with E-state index in [1.54, 1.807) is 0 Å². The molecule has 46 heavy (non-hydrogen) atoms. The summed E-state index contributed by atoms with van der Waals surface area (Å²) in [5, 5.41) is 9.97. The molecule has 0 aromatic heterocycles. The lowest BCUT2D eigenvalue weighted by atomic mass is 10.0. The molecule has 2 unspecified atom stereocenters. The van der Waals surface area contributed by atoms with E-state index in [0.29, 0.717) is 19.4 Å². The summed E-state index contributed by atoms with van der Waals surface area (Å²) in [6, 6.07) is 0. The maximum Gasteiger partial charge on any atom is 0.306 e. The number of aliphatic hydroxyl groups is 1. The van der Waals surface area contributed by atoms with Gasteiger partial charge in [0.15, 0.2) is 0 Å². The van der Waals surface area contributed by atoms with Gasteiger partial charge >= 0.3 is 11.9 Å². The zero-order valence-corrected chi connectivity index (χ0v) is 31.3. The molecule has 0 fully saturated rings. The van der Waals surface area contributed by atoms with Gasteiger partial charge in [-0.15, -0.1) is 0 Å². The van der Waals surface area contributed by atoms with Crippen molar-refractivity contribution in [1.29, 1.82) is 0 Å². The lowest BCUT2D eigenvalue weighted by Crippen LogP contribution is -2.32. The Bertz CT molecular complexity index is 656. The van der Waals surface area contributed by atoms with E-state index in [1.165, 1.54) is 77.0 Å². The van der Waals surface area contributed by atoms with Crippen LogP contribution in [0, 0.1) is 0 Å². The number of nitrogens with zero attached hydrogens (tertiary/aromatic N) is 1. The van der Waals surface area contributed by atoms with Crippen LogP contribution in [0.25, 0.3) is 0 Å². The van der Waals surface area contributed by atoms with Gasteiger partial charge in [-0.05, 0) is 77.8 Å². The summed E-state index contributed by atoms with van der Waals surface area (Å²) in [4.78, 5) is 26.9. The summed E-state index contributed by atoms with van der Waals surface area (Å²) < 4.78 is 11.3. The second-order valence-corrected chi connectivity index (χ2v) is 14.0. The normalized spacial score (nSPS) is 12.8. The van der Waals surface area contributed by atoms with E-state index in [0.717, 1.165) is 110 Å². The van der Waals surface area contributed by atoms with E-state index in [2.05, 4.69) is 25.7 Å². The second-order valence-electron chi connectivity index (χ2n) is 14.0. The summed E-state index contributed by atoms with van der Waals surface area (Å²) in [7, 11) is 0. The van der Waals surface area contributed by atoms with Crippen molar-refractivity contribution in [2.45, 2.75) is 220 Å². The van der Waals surface area contributed by atoms with Crippen LogP contribution in [0.5, 0.6) is 0 Å². The first-order valence-corrected chi connectivity index (χ1v) is 20.2. The zero-order valence-electron chi connectivity index (χ0n) is 31.3. The van der Waals surface area contributed by atoms with E-state index < -0.39 is 0 Å². The van der Waals surface area contributed by atoms with Crippen LogP contribution in [-0.2, 0) is 19.1 Å². The van der Waals surface area contributed by atoms with Gasteiger partial charge in [0.1, 0.15) is 6.10 Å². The molecule has 0 spiro atoms. The number of hydrogen-bond donors (Lipinski definition) is 1. The van der Waals surface area contributed by atoms with Gasteiger partial charge in [0, 0.05) is 19.4 Å². The van der Waals surface area contributed by atoms with E-state index in [1.807, 2.05) is 6.92 Å². The number of hydrogen-bond acceptors (Lipinski definition) is 6. The molecular weight excluding hydrogens is 574 g/mol. The molecule has 0 saturated heterocycles. The van der Waals surface area contributed by atoms with Crippen LogP contribution in [-0.4, -0.2) is 60.4 Å². The maximum atomic E-state index is 12.6. The SMILES string of the molecule is CCCCCCCOC(=O)CCCCCCCN(CCCCCCCC(=O)OC(CCCCCC)CCCCCCC)CC(C)O. The highest BCUT2D eigenvalue weighted by Gasteiger charge is 2.14. The molecule has 0 aromatic rings. The molecule has 0 radical (unpaired) electrons. The predicted octanol–water partition coefficient (Wildman–Crippen LogP) is 11.1. The molecule has 0 bridgehead atoms. The third-order valence-electron chi connectivity index (χ3n) is 9.05. The molecule has 0 heterocycles. The van der Waals surface area contributed by atoms with Gasteiger partial charge in [-0.3, -0.25) is 9.59 Å². The van der Waals surface area contributed by atoms with Crippen LogP contribution in [0.1, 0.15) is 207 Å². The Morgan fingerprint density at radius 2 is 0.957 bits per heavy atom. The lowest BCUT2D eigenvalue weighted by Gasteiger charge is -2.23. The Labute approximate surface area is 286 Å². The molecule has 6 nitrogen and oxygen atoms in total. The highest BCUT2D eigenvalue weighted by molar-refractivity contribution is 5.69. The average molecular weight is 654 g/mol. The Hall–Kier alpha value is -1.14. The van der Waals surface area contributed by atoms with Crippen LogP contribution in [0.15, 0.2) is 0 Å². The van der Waals surface area contributed by atoms with Crippen LogP contribution >= 0.6 is 0 Å². The number of aliphatic hydroxyl groups excluding tert-OH is 1. The Kier molecular flexibility index (Phi) is 34.3. The highest BCUT2D eigenvalue weighted by Crippen LogP contribution is 2.18. The largest absolute Gasteiger partial charge is 0.466 e. The van der Waals surface area contributed by atoms with E-state index >= 15 is 0 Å². The number of carbonyl (C=O) groups excluding carboxylic acids is 2. The second kappa shape index (κ2) is 35.2. The standard InChI is InChI=1S/C40H79NO5/c1-5-8-11-16-23-30-38(29-22-13-10-7-3)46-40(44)32-25-18-15-20-27-34-41(36-37(4)42)33-26-19-14-17-24-31-39(43)45-35-28-21-12-9-6-2/h37-38,42H,5-36H2,1-4H3. The molecule has 0 aliphatic carbocycles. The monoisotopic (exact) mass is 654 g/mol. The smallest absolute Gasteiger partial charge is 0.306 e. The third kappa shape index (κ3) is 32.8. The van der Waals surface area contributed by atoms with Crippen molar-refractivity contribution in [3.05, 3.63) is 0 Å². The van der Waals surface area contributed by atoms with Crippen molar-refractivity contribution in [3.8, 4) is 0 Å². The Morgan fingerprint density at radius 1 is 0.543 bits per heavy atom. The quantitative estimate of drug-likeness (QED) is 0.0535. The van der Waals surface area contributed by atoms with Gasteiger partial charge in [-0.1, -0.05) is 130 Å². The molecular formula is C40H79NO5. The number of carbonyl (C=O) groups is 2. The average Bonchev–Trinajstić information content (AvgIpc) is 3.03. The molecule has 0 amide bonds. The molecule has 274 valence electrons. The summed E-state index contributed by atoms with van der Waals surface area (Å²) in [6.45, 7) is 11.9. The highest BCUT2D eigenvalue weighted by atomic mass is 16.5. The minimum atomic E-state index is -0.310. The van der Waals surface area contributed by atoms with Crippen molar-refractivity contribution >= 4 is 11.9 Å². The molecule has 1 N–H and O–H groups in total. The van der Waals surface area contributed by atoms with Crippen molar-refractivity contribution in [2.24, 2.45) is 0 Å². The van der Waals surface area contributed by atoms with E-state index in [-0.39, 0.29) is 24.1 Å². The Balaban J connectivity index is 3.99. The predicted molar refractivity (Wildman–Crippen MR) is 195 cm³/mol. The summed E-state index contributed by atoms with van der Waals surface area (Å²) in [5.41, 5.74) is 0. The maximum absolute atomic E-state index is 12.6. The topological polar surface area (TPSA) is 76.1 Å². The van der Waals surface area contributed by atoms with Gasteiger partial charge in [0.25, 0.3) is 0 Å². The van der Waals surface area contributed by atoms with Gasteiger partial charge in [0.2, 0.25) is 0 Å². The molecule has 0 saturated carbocycles. The van der Waals surface area contributed by atoms with Crippen molar-refractivity contribution in [3.63, 3.8) is 0 Å². The molecule has 0 aliphatic rings. The van der Waals surface area contributed by atoms with Crippen LogP contribution < -0.4 is 0 Å². The first-order chi connectivity index (χ1) is 22.4. The van der Waals surface area contributed by atoms with E-state index in [9.17, 15) is 14.7 Å². The van der Waals surface area contributed by atoms with Crippen LogP contribution in [0.2, 0.25) is 0 Å². The fraction of sp³-hybridized carbons (Fsp3) is 0.950. The third-order valence-corrected chi connectivity index (χ3v) is 9.05. The summed E-state index contributed by atoms with van der Waals surface area (Å²) in [5.74, 6) is -0.0332. The van der Waals surface area contributed by atoms with Crippen molar-refractivity contribution in [1.82, 2.24) is 4.90 Å². The minimum absolute atomic E-state index is 0.00487. The fourth-order valence-corrected chi connectivity index (χ4v) is 6.18. The summed E-state index contributed by atoms with van der Waals surface area (Å²) >= 11 is 0. The van der Waals surface area contributed by atoms with Gasteiger partial charge in [0.05, 0.1) is 12.7 Å². The van der Waals surface area contributed by atoms with Crippen LogP contribution in [0.3, 0.4) is 0 Å². The zero-order chi connectivity index (χ0) is 33.9. The van der Waals surface area contributed by atoms with Gasteiger partial charge < -0.3 is 19.5 Å². The van der Waals surface area contributed by atoms with Crippen molar-refractivity contribution in [2.75, 3.05) is 26.2 Å². The lowest BCUT2D eigenvalue weighted by molar-refractivity contribution is -0.150. The van der Waals surface area contributed by atoms with E-state index in [4.69, 9.17) is 9.47 Å². The van der Waals surface area contributed by atoms with Gasteiger partial charge in [-0.2, -0.15) is 0 Å². The molecule has 2 atom stereocenters. The Morgan fingerprint density at radius 3 is 1.48 bits per heavy atom. The molecule has 0 aromatic carbocycles. The first-order valence-electron chi connectivity index (χ1n) is 20.2. The van der Waals surface area contributed by atoms with Crippen LogP contribution in [0.4, 0.5) is 0 Å². The number of rotatable bonds is 36. The van der Waals surface area contributed by atoms with Crippen molar-refractivity contribution < 1.29 is 24.2 Å².